The summed E-state index contributed by atoms with van der Waals surface area (Å²) in [7, 11) is 1.77. The molecule has 2 aromatic rings. The van der Waals surface area contributed by atoms with Gasteiger partial charge in [0.2, 0.25) is 5.95 Å². The first-order valence-corrected chi connectivity index (χ1v) is 7.36. The van der Waals surface area contributed by atoms with Crippen LogP contribution in [0.15, 0.2) is 6.07 Å². The normalized spacial score (nSPS) is 14.2. The van der Waals surface area contributed by atoms with Crippen LogP contribution in [-0.2, 0) is 6.42 Å². The van der Waals surface area contributed by atoms with E-state index in [9.17, 15) is 5.11 Å². The van der Waals surface area contributed by atoms with Crippen LogP contribution in [0.2, 0.25) is 0 Å². The molecule has 20 heavy (non-hydrogen) atoms. The van der Waals surface area contributed by atoms with Crippen molar-refractivity contribution in [1.82, 2.24) is 9.97 Å². The molecule has 110 valence electrons. The molecule has 1 unspecified atom stereocenters. The summed E-state index contributed by atoms with van der Waals surface area (Å²) in [6.07, 6.45) is 0.948. The third-order valence-corrected chi connectivity index (χ3v) is 4.17. The van der Waals surface area contributed by atoms with Crippen molar-refractivity contribution in [1.29, 1.82) is 0 Å². The maximum atomic E-state index is 9.87. The topological polar surface area (TPSA) is 90.3 Å². The first-order valence-electron chi connectivity index (χ1n) is 6.54. The molecule has 1 atom stereocenters. The minimum atomic E-state index is -1.18. The van der Waals surface area contributed by atoms with Gasteiger partial charge in [0.1, 0.15) is 16.2 Å². The van der Waals surface area contributed by atoms with Gasteiger partial charge in [0.25, 0.3) is 0 Å². The summed E-state index contributed by atoms with van der Waals surface area (Å²) in [4.78, 5) is 11.0. The second-order valence-electron chi connectivity index (χ2n) is 4.94. The Kier molecular flexibility index (Phi) is 4.42. The molecule has 0 saturated carbocycles. The third-order valence-electron chi connectivity index (χ3n) is 2.99. The molecule has 6 nitrogen and oxygen atoms in total. The summed E-state index contributed by atoms with van der Waals surface area (Å²) < 4.78 is 0. The van der Waals surface area contributed by atoms with Crippen LogP contribution in [-0.4, -0.2) is 46.0 Å². The van der Waals surface area contributed by atoms with E-state index in [1.54, 1.807) is 25.3 Å². The van der Waals surface area contributed by atoms with Gasteiger partial charge in [0.15, 0.2) is 0 Å². The van der Waals surface area contributed by atoms with Crippen molar-refractivity contribution in [2.75, 3.05) is 30.8 Å². The number of aromatic nitrogens is 2. The maximum absolute atomic E-state index is 9.87. The summed E-state index contributed by atoms with van der Waals surface area (Å²) in [6.45, 7) is 3.58. The SMILES string of the molecule is CCc1cc2c(NCC(C)(O)CO)nc(NC)nc2s1. The molecule has 2 rings (SSSR count). The smallest absolute Gasteiger partial charge is 0.225 e. The number of anilines is 2. The molecular weight excluding hydrogens is 276 g/mol. The summed E-state index contributed by atoms with van der Waals surface area (Å²) >= 11 is 1.64. The van der Waals surface area contributed by atoms with Crippen molar-refractivity contribution in [3.05, 3.63) is 10.9 Å². The largest absolute Gasteiger partial charge is 0.393 e. The highest BCUT2D eigenvalue weighted by molar-refractivity contribution is 7.18. The zero-order valence-corrected chi connectivity index (χ0v) is 12.7. The predicted octanol–water partition coefficient (Wildman–Crippen LogP) is 1.45. The lowest BCUT2D eigenvalue weighted by Crippen LogP contribution is -2.37. The number of hydrogen-bond acceptors (Lipinski definition) is 7. The van der Waals surface area contributed by atoms with E-state index >= 15 is 0 Å². The van der Waals surface area contributed by atoms with Crippen molar-refractivity contribution in [2.45, 2.75) is 25.9 Å². The Labute approximate surface area is 121 Å². The van der Waals surface area contributed by atoms with Gasteiger partial charge in [-0.3, -0.25) is 0 Å². The highest BCUT2D eigenvalue weighted by Crippen LogP contribution is 2.30. The monoisotopic (exact) mass is 296 g/mol. The minimum Gasteiger partial charge on any atom is -0.393 e. The molecule has 0 saturated heterocycles. The van der Waals surface area contributed by atoms with Gasteiger partial charge in [0, 0.05) is 18.5 Å². The molecule has 7 heteroatoms. The lowest BCUT2D eigenvalue weighted by Gasteiger charge is -2.21. The summed E-state index contributed by atoms with van der Waals surface area (Å²) in [5, 5.41) is 25.9. The molecule has 4 N–H and O–H groups in total. The standard InChI is InChI=1S/C13H20N4O2S/c1-4-8-5-9-10(15-6-13(2,19)7-18)16-12(14-3)17-11(9)20-8/h5,18-19H,4,6-7H2,1-3H3,(H2,14,15,16,17). The Morgan fingerprint density at radius 1 is 1.40 bits per heavy atom. The number of aliphatic hydroxyl groups is 2. The molecule has 0 aliphatic rings. The number of hydrogen-bond donors (Lipinski definition) is 4. The van der Waals surface area contributed by atoms with Gasteiger partial charge in [-0.15, -0.1) is 11.3 Å². The molecule has 0 bridgehead atoms. The van der Waals surface area contributed by atoms with Crippen molar-refractivity contribution < 1.29 is 10.2 Å². The second-order valence-corrected chi connectivity index (χ2v) is 6.05. The van der Waals surface area contributed by atoms with Gasteiger partial charge in [-0.05, 0) is 19.4 Å². The quantitative estimate of drug-likeness (QED) is 0.645. The third kappa shape index (κ3) is 3.17. The Morgan fingerprint density at radius 2 is 2.15 bits per heavy atom. The van der Waals surface area contributed by atoms with Crippen LogP contribution in [0.25, 0.3) is 10.2 Å². The zero-order valence-electron chi connectivity index (χ0n) is 11.9. The van der Waals surface area contributed by atoms with Crippen LogP contribution in [0, 0.1) is 0 Å². The van der Waals surface area contributed by atoms with E-state index in [-0.39, 0.29) is 13.2 Å². The number of aliphatic hydroxyl groups excluding tert-OH is 1. The number of nitrogens with zero attached hydrogens (tertiary/aromatic N) is 2. The lowest BCUT2D eigenvalue weighted by atomic mass is 10.1. The van der Waals surface area contributed by atoms with Crippen LogP contribution in [0.1, 0.15) is 18.7 Å². The first kappa shape index (κ1) is 15.0. The van der Waals surface area contributed by atoms with Gasteiger partial charge in [-0.25, -0.2) is 4.98 Å². The zero-order chi connectivity index (χ0) is 14.8. The molecule has 2 aromatic heterocycles. The van der Waals surface area contributed by atoms with E-state index in [4.69, 9.17) is 5.11 Å². The molecule has 0 aromatic carbocycles. The van der Waals surface area contributed by atoms with E-state index in [1.165, 1.54) is 4.88 Å². The van der Waals surface area contributed by atoms with Gasteiger partial charge < -0.3 is 20.8 Å². The fourth-order valence-corrected chi connectivity index (χ4v) is 2.69. The first-order chi connectivity index (χ1) is 9.49. The fraction of sp³-hybridized carbons (Fsp3) is 0.538. The number of nitrogens with one attached hydrogen (secondary N) is 2. The summed E-state index contributed by atoms with van der Waals surface area (Å²) in [5.41, 5.74) is -1.18. The average molecular weight is 296 g/mol. The van der Waals surface area contributed by atoms with Gasteiger partial charge in [0.05, 0.1) is 12.0 Å². The second kappa shape index (κ2) is 5.90. The van der Waals surface area contributed by atoms with Gasteiger partial charge in [-0.2, -0.15) is 4.98 Å². The van der Waals surface area contributed by atoms with Crippen molar-refractivity contribution in [3.63, 3.8) is 0 Å². The fourth-order valence-electron chi connectivity index (χ4n) is 1.72. The van der Waals surface area contributed by atoms with Gasteiger partial charge in [-0.1, -0.05) is 6.92 Å². The number of rotatable bonds is 6. The van der Waals surface area contributed by atoms with Gasteiger partial charge >= 0.3 is 0 Å². The molecule has 0 aliphatic carbocycles. The Hall–Kier alpha value is -1.44. The Morgan fingerprint density at radius 3 is 2.75 bits per heavy atom. The Balaban J connectivity index is 2.36. The predicted molar refractivity (Wildman–Crippen MR) is 82.5 cm³/mol. The lowest BCUT2D eigenvalue weighted by molar-refractivity contribution is 0.0132. The molecule has 0 radical (unpaired) electrons. The molecule has 2 heterocycles. The van der Waals surface area contributed by atoms with Crippen LogP contribution < -0.4 is 10.6 Å². The highest BCUT2D eigenvalue weighted by atomic mass is 32.1. The van der Waals surface area contributed by atoms with Crippen molar-refractivity contribution in [2.24, 2.45) is 0 Å². The number of fused-ring (bicyclic) bond motifs is 1. The van der Waals surface area contributed by atoms with E-state index < -0.39 is 5.60 Å². The average Bonchev–Trinajstić information content (AvgIpc) is 2.87. The van der Waals surface area contributed by atoms with Crippen molar-refractivity contribution in [3.8, 4) is 0 Å². The minimum absolute atomic E-state index is 0.218. The van der Waals surface area contributed by atoms with E-state index in [0.29, 0.717) is 11.8 Å². The molecular formula is C13H20N4O2S. The Bertz CT molecular complexity index is 597. The maximum Gasteiger partial charge on any atom is 0.225 e. The summed E-state index contributed by atoms with van der Waals surface area (Å²) in [6, 6.07) is 2.06. The highest BCUT2D eigenvalue weighted by Gasteiger charge is 2.20. The van der Waals surface area contributed by atoms with E-state index in [2.05, 4.69) is 33.6 Å². The van der Waals surface area contributed by atoms with Crippen molar-refractivity contribution >= 4 is 33.3 Å². The molecule has 0 spiro atoms. The van der Waals surface area contributed by atoms with E-state index in [1.807, 2.05) is 0 Å². The van der Waals surface area contributed by atoms with Crippen LogP contribution in [0.3, 0.4) is 0 Å². The van der Waals surface area contributed by atoms with Crippen LogP contribution >= 0.6 is 11.3 Å². The molecule has 0 aliphatic heterocycles. The summed E-state index contributed by atoms with van der Waals surface area (Å²) in [5.74, 6) is 1.21. The number of aryl methyl sites for hydroxylation is 1. The number of thiophene rings is 1. The van der Waals surface area contributed by atoms with Crippen LogP contribution in [0.5, 0.6) is 0 Å². The van der Waals surface area contributed by atoms with Crippen LogP contribution in [0.4, 0.5) is 11.8 Å². The molecule has 0 fully saturated rings. The molecule has 0 amide bonds. The van der Waals surface area contributed by atoms with E-state index in [0.717, 1.165) is 16.6 Å².